The van der Waals surface area contributed by atoms with Crippen LogP contribution in [0.15, 0.2) is 39.7 Å². The first kappa shape index (κ1) is 17.4. The summed E-state index contributed by atoms with van der Waals surface area (Å²) in [6, 6.07) is 7.01. The first-order chi connectivity index (χ1) is 11.1. The smallest absolute Gasteiger partial charge is 0.272 e. The van der Waals surface area contributed by atoms with E-state index in [2.05, 4.69) is 15.9 Å². The van der Waals surface area contributed by atoms with Crippen LogP contribution < -0.4 is 0 Å². The third-order valence-electron chi connectivity index (χ3n) is 3.51. The van der Waals surface area contributed by atoms with Gasteiger partial charge in [0.25, 0.3) is 10.0 Å². The second-order valence-corrected chi connectivity index (χ2v) is 8.64. The van der Waals surface area contributed by atoms with Crippen molar-refractivity contribution in [1.82, 2.24) is 3.97 Å². The number of phenolic OH excluding ortho intramolecular Hbond substituents is 2. The molecule has 0 saturated carbocycles. The molecule has 9 heteroatoms. The molecule has 0 amide bonds. The van der Waals surface area contributed by atoms with E-state index < -0.39 is 15.8 Å². The fraction of sp³-hybridized carbons (Fsp3) is 0.0667. The van der Waals surface area contributed by atoms with E-state index in [0.717, 1.165) is 3.97 Å². The minimum Gasteiger partial charge on any atom is -0.506 e. The minimum atomic E-state index is -4.16. The first-order valence-electron chi connectivity index (χ1n) is 6.57. The number of aromatic hydroxyl groups is 2. The molecule has 0 aliphatic rings. The number of rotatable bonds is 2. The van der Waals surface area contributed by atoms with Gasteiger partial charge in [-0.25, -0.2) is 12.4 Å². The highest BCUT2D eigenvalue weighted by Crippen LogP contribution is 2.38. The lowest BCUT2D eigenvalue weighted by Crippen LogP contribution is -2.14. The lowest BCUT2D eigenvalue weighted by atomic mass is 10.2. The van der Waals surface area contributed by atoms with Crippen LogP contribution in [-0.4, -0.2) is 22.6 Å². The molecule has 0 fully saturated rings. The normalized spacial score (nSPS) is 12.0. The maximum absolute atomic E-state index is 13.1. The predicted molar refractivity (Wildman–Crippen MR) is 96.8 cm³/mol. The Morgan fingerprint density at radius 3 is 2.38 bits per heavy atom. The van der Waals surface area contributed by atoms with Crippen molar-refractivity contribution in [2.75, 3.05) is 0 Å². The number of aryl methyl sites for hydroxylation is 1. The topological polar surface area (TPSA) is 79.5 Å². The van der Waals surface area contributed by atoms with Gasteiger partial charge in [0.05, 0.1) is 15.6 Å². The summed E-state index contributed by atoms with van der Waals surface area (Å²) in [5, 5.41) is 20.5. The Hall–Kier alpha value is -1.41. The second-order valence-electron chi connectivity index (χ2n) is 5.15. The summed E-state index contributed by atoms with van der Waals surface area (Å²) in [5.74, 6) is -0.783. The van der Waals surface area contributed by atoms with E-state index >= 15 is 0 Å². The lowest BCUT2D eigenvalue weighted by Gasteiger charge is -2.13. The molecule has 5 nitrogen and oxygen atoms in total. The molecule has 0 atom stereocenters. The molecule has 2 N–H and O–H groups in total. The van der Waals surface area contributed by atoms with Crippen LogP contribution in [0, 0.1) is 6.92 Å². The third kappa shape index (κ3) is 2.65. The Balaban J connectivity index is 2.39. The fourth-order valence-corrected chi connectivity index (χ4v) is 5.35. The van der Waals surface area contributed by atoms with Crippen molar-refractivity contribution >= 4 is 60.1 Å². The molecule has 1 aromatic heterocycles. The van der Waals surface area contributed by atoms with Crippen molar-refractivity contribution in [1.29, 1.82) is 0 Å². The van der Waals surface area contributed by atoms with Crippen molar-refractivity contribution in [2.45, 2.75) is 11.8 Å². The molecule has 24 heavy (non-hydrogen) atoms. The quantitative estimate of drug-likeness (QED) is 0.594. The molecule has 0 aliphatic heterocycles. The van der Waals surface area contributed by atoms with Gasteiger partial charge in [-0.2, -0.15) is 0 Å². The molecule has 2 aromatic carbocycles. The average Bonchev–Trinajstić information content (AvgIpc) is 2.78. The Bertz CT molecular complexity index is 1090. The Labute approximate surface area is 156 Å². The van der Waals surface area contributed by atoms with Gasteiger partial charge in [0.2, 0.25) is 0 Å². The SMILES string of the molecule is Cc1cc2cc(Cl)c(O)cc2n1S(=O)(=O)c1cc(Br)cc(Cl)c1O. The van der Waals surface area contributed by atoms with Crippen LogP contribution in [0.2, 0.25) is 10.0 Å². The van der Waals surface area contributed by atoms with Gasteiger partial charge in [-0.05, 0) is 31.2 Å². The summed E-state index contributed by atoms with van der Waals surface area (Å²) in [6.45, 7) is 1.60. The molecule has 126 valence electrons. The highest BCUT2D eigenvalue weighted by molar-refractivity contribution is 9.10. The number of aromatic nitrogens is 1. The van der Waals surface area contributed by atoms with Gasteiger partial charge in [0, 0.05) is 21.6 Å². The van der Waals surface area contributed by atoms with Gasteiger partial charge >= 0.3 is 0 Å². The van der Waals surface area contributed by atoms with Crippen LogP contribution in [0.1, 0.15) is 5.69 Å². The summed E-state index contributed by atoms with van der Waals surface area (Å²) < 4.78 is 27.6. The molecule has 0 unspecified atom stereocenters. The zero-order valence-corrected chi connectivity index (χ0v) is 16.0. The van der Waals surface area contributed by atoms with Gasteiger partial charge in [-0.1, -0.05) is 39.1 Å². The molecule has 3 rings (SSSR count). The maximum Gasteiger partial charge on any atom is 0.272 e. The molecule has 0 aliphatic carbocycles. The Morgan fingerprint density at radius 2 is 1.71 bits per heavy atom. The fourth-order valence-electron chi connectivity index (χ4n) is 2.49. The van der Waals surface area contributed by atoms with Crippen LogP contribution in [0.4, 0.5) is 0 Å². The van der Waals surface area contributed by atoms with Crippen LogP contribution in [0.5, 0.6) is 11.5 Å². The van der Waals surface area contributed by atoms with Crippen molar-refractivity contribution in [2.24, 2.45) is 0 Å². The highest BCUT2D eigenvalue weighted by atomic mass is 79.9. The summed E-state index contributed by atoms with van der Waals surface area (Å²) in [7, 11) is -4.16. The van der Waals surface area contributed by atoms with Crippen LogP contribution >= 0.6 is 39.1 Å². The van der Waals surface area contributed by atoms with Crippen molar-refractivity contribution in [3.8, 4) is 11.5 Å². The number of hydrogen-bond acceptors (Lipinski definition) is 4. The van der Waals surface area contributed by atoms with Gasteiger partial charge in [0.1, 0.15) is 10.6 Å². The largest absolute Gasteiger partial charge is 0.506 e. The van der Waals surface area contributed by atoms with Crippen molar-refractivity contribution in [3.63, 3.8) is 0 Å². The Kier molecular flexibility index (Phi) is 4.24. The zero-order valence-electron chi connectivity index (χ0n) is 12.1. The number of benzene rings is 2. The predicted octanol–water partition coefficient (Wildman–Crippen LogP) is 4.67. The second kappa shape index (κ2) is 5.84. The summed E-state index contributed by atoms with van der Waals surface area (Å²) >= 11 is 14.9. The highest BCUT2D eigenvalue weighted by Gasteiger charge is 2.27. The van der Waals surface area contributed by atoms with Crippen LogP contribution in [0.3, 0.4) is 0 Å². The van der Waals surface area contributed by atoms with Gasteiger partial charge < -0.3 is 10.2 Å². The summed E-state index contributed by atoms with van der Waals surface area (Å²) in [6.07, 6.45) is 0. The molecular formula is C15H10BrCl2NO4S. The van der Waals surface area contributed by atoms with E-state index in [-0.39, 0.29) is 26.2 Å². The molecule has 0 bridgehead atoms. The van der Waals surface area contributed by atoms with Gasteiger partial charge in [-0.15, -0.1) is 0 Å². The molecular weight excluding hydrogens is 441 g/mol. The number of hydrogen-bond donors (Lipinski definition) is 2. The first-order valence-corrected chi connectivity index (χ1v) is 9.56. The summed E-state index contributed by atoms with van der Waals surface area (Å²) in [4.78, 5) is -0.350. The molecule has 0 saturated heterocycles. The van der Waals surface area contributed by atoms with Crippen molar-refractivity contribution < 1.29 is 18.6 Å². The molecule has 0 radical (unpaired) electrons. The number of halogens is 3. The number of phenols is 2. The molecule has 1 heterocycles. The molecule has 3 aromatic rings. The van der Waals surface area contributed by atoms with Crippen LogP contribution in [-0.2, 0) is 10.0 Å². The number of fused-ring (bicyclic) bond motifs is 1. The summed E-state index contributed by atoms with van der Waals surface area (Å²) in [5.41, 5.74) is 0.632. The van der Waals surface area contributed by atoms with E-state index in [9.17, 15) is 18.6 Å². The minimum absolute atomic E-state index is 0.0945. The van der Waals surface area contributed by atoms with E-state index in [4.69, 9.17) is 23.2 Å². The van der Waals surface area contributed by atoms with Gasteiger partial charge in [-0.3, -0.25) is 0 Å². The number of nitrogens with zero attached hydrogens (tertiary/aromatic N) is 1. The molecule has 0 spiro atoms. The van der Waals surface area contributed by atoms with E-state index in [0.29, 0.717) is 15.6 Å². The van der Waals surface area contributed by atoms with Crippen molar-refractivity contribution in [3.05, 3.63) is 50.5 Å². The third-order valence-corrected chi connectivity index (χ3v) is 6.39. The monoisotopic (exact) mass is 449 g/mol. The average molecular weight is 451 g/mol. The zero-order chi connectivity index (χ0) is 17.8. The lowest BCUT2D eigenvalue weighted by molar-refractivity contribution is 0.458. The standard InChI is InChI=1S/C15H10BrCl2NO4S/c1-7-2-8-3-10(17)13(20)6-12(8)19(7)24(22,23)14-5-9(16)4-11(18)15(14)21/h2-6,20-21H,1H3. The van der Waals surface area contributed by atoms with Gasteiger partial charge in [0.15, 0.2) is 5.75 Å². The maximum atomic E-state index is 13.1. The van der Waals surface area contributed by atoms with E-state index in [1.165, 1.54) is 24.3 Å². The van der Waals surface area contributed by atoms with E-state index in [1.807, 2.05) is 0 Å². The Morgan fingerprint density at radius 1 is 1.04 bits per heavy atom. The van der Waals surface area contributed by atoms with E-state index in [1.54, 1.807) is 13.0 Å². The van der Waals surface area contributed by atoms with Crippen LogP contribution in [0.25, 0.3) is 10.9 Å².